The number of carbonyl (C=O) groups is 1. The summed E-state index contributed by atoms with van der Waals surface area (Å²) in [4.78, 5) is 22.8. The van der Waals surface area contributed by atoms with Gasteiger partial charge in [0.1, 0.15) is 17.1 Å². The van der Waals surface area contributed by atoms with Crippen LogP contribution in [0.15, 0.2) is 30.5 Å². The summed E-state index contributed by atoms with van der Waals surface area (Å²) in [7, 11) is 0. The second kappa shape index (κ2) is 6.70. The number of hydrogen-bond acceptors (Lipinski definition) is 5. The van der Waals surface area contributed by atoms with Gasteiger partial charge in [-0.05, 0) is 32.0 Å². The maximum atomic E-state index is 12.2. The molecule has 2 aromatic rings. The minimum Gasteiger partial charge on any atom is -0.494 e. The molecule has 116 valence electrons. The molecule has 0 unspecified atom stereocenters. The first-order valence-electron chi connectivity index (χ1n) is 6.81. The van der Waals surface area contributed by atoms with Gasteiger partial charge >= 0.3 is 0 Å². The third-order valence-corrected chi connectivity index (χ3v) is 2.97. The molecule has 8 nitrogen and oxygen atoms in total. The van der Waals surface area contributed by atoms with Crippen molar-refractivity contribution in [2.24, 2.45) is 0 Å². The number of nitro benzene ring substituents is 1. The fraction of sp³-hybridized carbons (Fsp3) is 0.286. The molecule has 1 aromatic carbocycles. The van der Waals surface area contributed by atoms with Crippen LogP contribution in [0.4, 0.5) is 11.4 Å². The lowest BCUT2D eigenvalue weighted by molar-refractivity contribution is -0.384. The second-order valence-corrected chi connectivity index (χ2v) is 4.36. The zero-order valence-corrected chi connectivity index (χ0v) is 12.3. The van der Waals surface area contributed by atoms with Crippen molar-refractivity contribution in [3.63, 3.8) is 0 Å². The molecule has 1 aromatic heterocycles. The highest BCUT2D eigenvalue weighted by Crippen LogP contribution is 2.29. The van der Waals surface area contributed by atoms with E-state index in [0.29, 0.717) is 24.6 Å². The van der Waals surface area contributed by atoms with Crippen molar-refractivity contribution in [1.82, 2.24) is 9.78 Å². The summed E-state index contributed by atoms with van der Waals surface area (Å²) < 4.78 is 6.74. The van der Waals surface area contributed by atoms with Gasteiger partial charge in [0.2, 0.25) is 0 Å². The fourth-order valence-electron chi connectivity index (χ4n) is 1.99. The summed E-state index contributed by atoms with van der Waals surface area (Å²) in [5, 5.41) is 17.7. The van der Waals surface area contributed by atoms with Crippen molar-refractivity contribution in [1.29, 1.82) is 0 Å². The molecule has 22 heavy (non-hydrogen) atoms. The van der Waals surface area contributed by atoms with Gasteiger partial charge in [0.15, 0.2) is 0 Å². The standard InChI is InChI=1S/C14H16N4O4/c1-3-17-12(7-8-15-17)14(19)16-11-6-5-10(22-4-2)9-13(11)18(20)21/h5-9H,3-4H2,1-2H3,(H,16,19). The van der Waals surface area contributed by atoms with Crippen LogP contribution in [0.5, 0.6) is 5.75 Å². The van der Waals surface area contributed by atoms with Crippen molar-refractivity contribution in [3.05, 3.63) is 46.3 Å². The van der Waals surface area contributed by atoms with Crippen LogP contribution in [0.25, 0.3) is 0 Å². The van der Waals surface area contributed by atoms with Crippen LogP contribution in [0, 0.1) is 10.1 Å². The van der Waals surface area contributed by atoms with Crippen LogP contribution in [0.1, 0.15) is 24.3 Å². The number of nitro groups is 1. The number of nitrogens with one attached hydrogen (secondary N) is 1. The largest absolute Gasteiger partial charge is 0.494 e. The third kappa shape index (κ3) is 3.22. The van der Waals surface area contributed by atoms with E-state index in [1.54, 1.807) is 19.1 Å². The number of anilines is 1. The summed E-state index contributed by atoms with van der Waals surface area (Å²) in [6, 6.07) is 5.87. The molecule has 0 spiro atoms. The molecule has 2 rings (SSSR count). The first-order chi connectivity index (χ1) is 10.6. The summed E-state index contributed by atoms with van der Waals surface area (Å²) in [6.45, 7) is 4.57. The number of nitrogens with zero attached hydrogens (tertiary/aromatic N) is 3. The van der Waals surface area contributed by atoms with E-state index in [2.05, 4.69) is 10.4 Å². The van der Waals surface area contributed by atoms with Crippen LogP contribution >= 0.6 is 0 Å². The average molecular weight is 304 g/mol. The molecule has 0 aliphatic heterocycles. The second-order valence-electron chi connectivity index (χ2n) is 4.36. The smallest absolute Gasteiger partial charge is 0.296 e. The normalized spacial score (nSPS) is 10.3. The highest BCUT2D eigenvalue weighted by atomic mass is 16.6. The molecule has 0 aliphatic rings. The highest BCUT2D eigenvalue weighted by molar-refractivity contribution is 6.04. The van der Waals surface area contributed by atoms with E-state index < -0.39 is 10.8 Å². The summed E-state index contributed by atoms with van der Waals surface area (Å²) in [6.07, 6.45) is 1.50. The van der Waals surface area contributed by atoms with E-state index in [4.69, 9.17) is 4.74 Å². The van der Waals surface area contributed by atoms with Crippen LogP contribution in [0.2, 0.25) is 0 Å². The first-order valence-corrected chi connectivity index (χ1v) is 6.81. The molecule has 0 fully saturated rings. The molecular weight excluding hydrogens is 288 g/mol. The molecule has 0 saturated heterocycles. The molecule has 1 N–H and O–H groups in total. The van der Waals surface area contributed by atoms with E-state index in [-0.39, 0.29) is 11.4 Å². The summed E-state index contributed by atoms with van der Waals surface area (Å²) >= 11 is 0. The monoisotopic (exact) mass is 304 g/mol. The van der Waals surface area contributed by atoms with Gasteiger partial charge in [0.05, 0.1) is 17.6 Å². The van der Waals surface area contributed by atoms with Crippen LogP contribution in [0.3, 0.4) is 0 Å². The lowest BCUT2D eigenvalue weighted by Gasteiger charge is -2.09. The quantitative estimate of drug-likeness (QED) is 0.652. The summed E-state index contributed by atoms with van der Waals surface area (Å²) in [5.41, 5.74) is 0.231. The number of aromatic nitrogens is 2. The van der Waals surface area contributed by atoms with Gasteiger partial charge in [-0.25, -0.2) is 0 Å². The fourth-order valence-corrected chi connectivity index (χ4v) is 1.99. The van der Waals surface area contributed by atoms with Gasteiger partial charge in [0.25, 0.3) is 11.6 Å². The van der Waals surface area contributed by atoms with Crippen LogP contribution < -0.4 is 10.1 Å². The lowest BCUT2D eigenvalue weighted by atomic mass is 10.2. The molecule has 0 bridgehead atoms. The number of benzene rings is 1. The van der Waals surface area contributed by atoms with Crippen LogP contribution in [-0.2, 0) is 6.54 Å². The van der Waals surface area contributed by atoms with Crippen molar-refractivity contribution < 1.29 is 14.5 Å². The van der Waals surface area contributed by atoms with Crippen LogP contribution in [-0.4, -0.2) is 27.2 Å². The number of aryl methyl sites for hydroxylation is 1. The van der Waals surface area contributed by atoms with Gasteiger partial charge < -0.3 is 10.1 Å². The first kappa shape index (κ1) is 15.5. The molecule has 1 heterocycles. The van der Waals surface area contributed by atoms with Crippen molar-refractivity contribution in [2.45, 2.75) is 20.4 Å². The molecule has 0 atom stereocenters. The molecular formula is C14H16N4O4. The number of ether oxygens (including phenoxy) is 1. The Bertz CT molecular complexity index is 696. The maximum absolute atomic E-state index is 12.2. The number of rotatable bonds is 6. The highest BCUT2D eigenvalue weighted by Gasteiger charge is 2.19. The zero-order chi connectivity index (χ0) is 16.1. The predicted octanol–water partition coefficient (Wildman–Crippen LogP) is 2.46. The van der Waals surface area contributed by atoms with Gasteiger partial charge in [-0.2, -0.15) is 5.10 Å². The molecule has 0 radical (unpaired) electrons. The van der Waals surface area contributed by atoms with Crippen molar-refractivity contribution in [3.8, 4) is 5.75 Å². The Hall–Kier alpha value is -2.90. The van der Waals surface area contributed by atoms with E-state index >= 15 is 0 Å². The minimum atomic E-state index is -0.560. The Morgan fingerprint density at radius 2 is 2.18 bits per heavy atom. The maximum Gasteiger partial charge on any atom is 0.296 e. The SMILES string of the molecule is CCOc1ccc(NC(=O)c2ccnn2CC)c([N+](=O)[O-])c1. The van der Waals surface area contributed by atoms with Gasteiger partial charge in [-0.3, -0.25) is 19.6 Å². The number of hydrogen-bond donors (Lipinski definition) is 1. The molecule has 0 saturated carbocycles. The molecule has 1 amide bonds. The topological polar surface area (TPSA) is 99.3 Å². The Balaban J connectivity index is 2.29. The summed E-state index contributed by atoms with van der Waals surface area (Å²) in [5.74, 6) is -0.0718. The number of carbonyl (C=O) groups excluding carboxylic acids is 1. The van der Waals surface area contributed by atoms with Gasteiger partial charge in [-0.15, -0.1) is 0 Å². The Kier molecular flexibility index (Phi) is 4.72. The molecule has 0 aliphatic carbocycles. The van der Waals surface area contributed by atoms with Gasteiger partial charge in [0, 0.05) is 12.7 Å². The Morgan fingerprint density at radius 1 is 1.41 bits per heavy atom. The van der Waals surface area contributed by atoms with Crippen molar-refractivity contribution >= 4 is 17.3 Å². The minimum absolute atomic E-state index is 0.113. The molecule has 8 heteroatoms. The number of amides is 1. The Morgan fingerprint density at radius 3 is 2.82 bits per heavy atom. The van der Waals surface area contributed by atoms with Gasteiger partial charge in [-0.1, -0.05) is 0 Å². The van der Waals surface area contributed by atoms with E-state index in [0.717, 1.165) is 0 Å². The Labute approximate surface area is 126 Å². The average Bonchev–Trinajstić information content (AvgIpc) is 2.97. The van der Waals surface area contributed by atoms with Crippen molar-refractivity contribution in [2.75, 3.05) is 11.9 Å². The lowest BCUT2D eigenvalue weighted by Crippen LogP contribution is -2.18. The van der Waals surface area contributed by atoms with E-state index in [1.807, 2.05) is 6.92 Å². The zero-order valence-electron chi connectivity index (χ0n) is 12.3. The van der Waals surface area contributed by atoms with E-state index in [1.165, 1.54) is 23.0 Å². The predicted molar refractivity (Wildman–Crippen MR) is 80.1 cm³/mol. The third-order valence-electron chi connectivity index (χ3n) is 2.97. The van der Waals surface area contributed by atoms with E-state index in [9.17, 15) is 14.9 Å².